The van der Waals surface area contributed by atoms with Crippen LogP contribution in [-0.4, -0.2) is 47.1 Å². The SMILES string of the molecule is COc1ccccc1C(CNC(=O)c1sc2ncn(C)c(=O)c2c1C)N1CCCC1. The molecule has 0 saturated carbocycles. The average molecular weight is 427 g/mol. The van der Waals surface area contributed by atoms with Gasteiger partial charge in [-0.15, -0.1) is 11.3 Å². The molecule has 1 aliphatic rings. The number of nitrogens with zero attached hydrogens (tertiary/aromatic N) is 3. The van der Waals surface area contributed by atoms with Crippen molar-refractivity contribution < 1.29 is 9.53 Å². The summed E-state index contributed by atoms with van der Waals surface area (Å²) in [4.78, 5) is 33.4. The minimum absolute atomic E-state index is 0.0354. The third-order valence-corrected chi connectivity index (χ3v) is 6.95. The zero-order chi connectivity index (χ0) is 21.3. The largest absolute Gasteiger partial charge is 0.496 e. The van der Waals surface area contributed by atoms with Gasteiger partial charge in [-0.25, -0.2) is 4.98 Å². The molecule has 8 heteroatoms. The van der Waals surface area contributed by atoms with Crippen molar-refractivity contribution in [2.45, 2.75) is 25.8 Å². The fourth-order valence-corrected chi connectivity index (χ4v) is 5.18. The van der Waals surface area contributed by atoms with Crippen molar-refractivity contribution in [1.29, 1.82) is 0 Å². The topological polar surface area (TPSA) is 76.5 Å². The molecular formula is C22H26N4O3S. The third kappa shape index (κ3) is 3.73. The molecule has 1 amide bonds. The fourth-order valence-electron chi connectivity index (χ4n) is 4.13. The molecule has 0 aliphatic carbocycles. The zero-order valence-corrected chi connectivity index (χ0v) is 18.3. The van der Waals surface area contributed by atoms with Gasteiger partial charge in [0.05, 0.1) is 29.7 Å². The molecule has 7 nitrogen and oxygen atoms in total. The number of para-hydroxylation sites is 1. The molecule has 0 radical (unpaired) electrons. The Kier molecular flexibility index (Phi) is 5.87. The van der Waals surface area contributed by atoms with E-state index in [4.69, 9.17) is 4.74 Å². The first-order valence-electron chi connectivity index (χ1n) is 10.1. The van der Waals surface area contributed by atoms with Crippen LogP contribution in [-0.2, 0) is 7.05 Å². The van der Waals surface area contributed by atoms with E-state index in [2.05, 4.69) is 21.3 Å². The molecule has 3 aromatic rings. The van der Waals surface area contributed by atoms with Crippen LogP contribution in [0.25, 0.3) is 10.2 Å². The molecule has 1 aliphatic heterocycles. The maximum atomic E-state index is 13.0. The third-order valence-electron chi connectivity index (χ3n) is 5.75. The van der Waals surface area contributed by atoms with E-state index in [9.17, 15) is 9.59 Å². The number of carbonyl (C=O) groups is 1. The molecule has 4 rings (SSSR count). The average Bonchev–Trinajstić information content (AvgIpc) is 3.40. The molecule has 1 N–H and O–H groups in total. The van der Waals surface area contributed by atoms with Crippen molar-refractivity contribution in [3.8, 4) is 5.75 Å². The molecule has 1 atom stereocenters. The van der Waals surface area contributed by atoms with Crippen LogP contribution in [0.5, 0.6) is 5.75 Å². The Hall–Kier alpha value is -2.71. The molecule has 0 bridgehead atoms. The molecular weight excluding hydrogens is 400 g/mol. The van der Waals surface area contributed by atoms with E-state index < -0.39 is 0 Å². The van der Waals surface area contributed by atoms with Gasteiger partial charge in [0.2, 0.25) is 0 Å². The Morgan fingerprint density at radius 2 is 2.03 bits per heavy atom. The molecule has 158 valence electrons. The summed E-state index contributed by atoms with van der Waals surface area (Å²) in [6.45, 7) is 4.29. The number of likely N-dealkylation sites (tertiary alicyclic amines) is 1. The van der Waals surface area contributed by atoms with Crippen molar-refractivity contribution in [2.24, 2.45) is 7.05 Å². The molecule has 2 aromatic heterocycles. The van der Waals surface area contributed by atoms with Gasteiger partial charge in [-0.1, -0.05) is 18.2 Å². The second kappa shape index (κ2) is 8.57. The van der Waals surface area contributed by atoms with Crippen LogP contribution < -0.4 is 15.6 Å². The van der Waals surface area contributed by atoms with Crippen LogP contribution in [0.4, 0.5) is 0 Å². The van der Waals surface area contributed by atoms with Crippen LogP contribution in [0, 0.1) is 6.92 Å². The standard InChI is InChI=1S/C22H26N4O3S/c1-14-18-21(24-13-25(2)22(18)28)30-19(14)20(27)23-12-16(26-10-6-7-11-26)15-8-4-5-9-17(15)29-3/h4-5,8-9,13,16H,6-7,10-12H2,1-3H3,(H,23,27). The number of hydrogen-bond acceptors (Lipinski definition) is 6. The van der Waals surface area contributed by atoms with E-state index in [1.54, 1.807) is 14.2 Å². The number of thiophene rings is 1. The second-order valence-corrected chi connectivity index (χ2v) is 8.61. The predicted octanol–water partition coefficient (Wildman–Crippen LogP) is 2.88. The van der Waals surface area contributed by atoms with Gasteiger partial charge in [0.1, 0.15) is 10.6 Å². The summed E-state index contributed by atoms with van der Waals surface area (Å²) >= 11 is 1.27. The molecule has 0 spiro atoms. The highest BCUT2D eigenvalue weighted by molar-refractivity contribution is 7.20. The highest BCUT2D eigenvalue weighted by Crippen LogP contribution is 2.32. The van der Waals surface area contributed by atoms with Crippen molar-refractivity contribution in [2.75, 3.05) is 26.7 Å². The van der Waals surface area contributed by atoms with Crippen molar-refractivity contribution >= 4 is 27.5 Å². The number of benzene rings is 1. The first-order chi connectivity index (χ1) is 14.5. The highest BCUT2D eigenvalue weighted by Gasteiger charge is 2.27. The lowest BCUT2D eigenvalue weighted by molar-refractivity contribution is 0.0941. The summed E-state index contributed by atoms with van der Waals surface area (Å²) in [7, 11) is 3.34. The Morgan fingerprint density at radius 1 is 1.30 bits per heavy atom. The number of methoxy groups -OCH3 is 1. The summed E-state index contributed by atoms with van der Waals surface area (Å²) in [6, 6.07) is 8.01. The summed E-state index contributed by atoms with van der Waals surface area (Å²) in [6.07, 6.45) is 3.81. The van der Waals surface area contributed by atoms with Gasteiger partial charge in [0, 0.05) is 19.2 Å². The second-order valence-electron chi connectivity index (χ2n) is 7.61. The highest BCUT2D eigenvalue weighted by atomic mass is 32.1. The summed E-state index contributed by atoms with van der Waals surface area (Å²) < 4.78 is 7.02. The number of aromatic nitrogens is 2. The predicted molar refractivity (Wildman–Crippen MR) is 118 cm³/mol. The van der Waals surface area contributed by atoms with Crippen LogP contribution >= 0.6 is 11.3 Å². The minimum Gasteiger partial charge on any atom is -0.496 e. The number of aryl methyl sites for hydroxylation is 2. The van der Waals surface area contributed by atoms with E-state index in [0.29, 0.717) is 27.2 Å². The molecule has 1 unspecified atom stereocenters. The molecule has 1 fully saturated rings. The van der Waals surface area contributed by atoms with Gasteiger partial charge in [-0.3, -0.25) is 14.5 Å². The van der Waals surface area contributed by atoms with Crippen LogP contribution in [0.2, 0.25) is 0 Å². The van der Waals surface area contributed by atoms with Gasteiger partial charge in [0.25, 0.3) is 11.5 Å². The number of ether oxygens (including phenoxy) is 1. The lowest BCUT2D eigenvalue weighted by Crippen LogP contribution is -2.37. The minimum atomic E-state index is -0.170. The van der Waals surface area contributed by atoms with Crippen LogP contribution in [0.15, 0.2) is 35.4 Å². The van der Waals surface area contributed by atoms with Crippen molar-refractivity contribution in [3.63, 3.8) is 0 Å². The lowest BCUT2D eigenvalue weighted by Gasteiger charge is -2.29. The lowest BCUT2D eigenvalue weighted by atomic mass is 10.0. The molecule has 3 heterocycles. The first kappa shape index (κ1) is 20.6. The summed E-state index contributed by atoms with van der Waals surface area (Å²) in [5.74, 6) is 0.658. The summed E-state index contributed by atoms with van der Waals surface area (Å²) in [5, 5.41) is 3.62. The zero-order valence-electron chi connectivity index (χ0n) is 17.5. The van der Waals surface area contributed by atoms with Gasteiger partial charge in [-0.05, 0) is 44.5 Å². The first-order valence-corrected chi connectivity index (χ1v) is 10.9. The van der Waals surface area contributed by atoms with Gasteiger partial charge < -0.3 is 14.6 Å². The van der Waals surface area contributed by atoms with E-state index >= 15 is 0 Å². The Balaban J connectivity index is 1.60. The van der Waals surface area contributed by atoms with Crippen LogP contribution in [0.1, 0.15) is 39.7 Å². The molecule has 1 saturated heterocycles. The Labute approximate surface area is 179 Å². The van der Waals surface area contributed by atoms with Gasteiger partial charge in [-0.2, -0.15) is 0 Å². The van der Waals surface area contributed by atoms with Crippen molar-refractivity contribution in [3.05, 3.63) is 57.0 Å². The summed E-state index contributed by atoms with van der Waals surface area (Å²) in [5.41, 5.74) is 1.64. The normalized spacial score (nSPS) is 15.4. The monoisotopic (exact) mass is 426 g/mol. The number of amides is 1. The Morgan fingerprint density at radius 3 is 2.77 bits per heavy atom. The quantitative estimate of drug-likeness (QED) is 0.656. The number of carbonyl (C=O) groups excluding carboxylic acids is 1. The van der Waals surface area contributed by atoms with E-state index in [-0.39, 0.29) is 17.5 Å². The number of rotatable bonds is 6. The number of fused-ring (bicyclic) bond motifs is 1. The van der Waals surface area contributed by atoms with Crippen molar-refractivity contribution in [1.82, 2.24) is 19.8 Å². The maximum Gasteiger partial charge on any atom is 0.262 e. The fraction of sp³-hybridized carbons (Fsp3) is 0.409. The molecule has 30 heavy (non-hydrogen) atoms. The van der Waals surface area contributed by atoms with Crippen LogP contribution in [0.3, 0.4) is 0 Å². The number of hydrogen-bond donors (Lipinski definition) is 1. The smallest absolute Gasteiger partial charge is 0.262 e. The van der Waals surface area contributed by atoms with E-state index in [1.165, 1.54) is 22.2 Å². The van der Waals surface area contributed by atoms with Gasteiger partial charge in [0.15, 0.2) is 0 Å². The Bertz CT molecular complexity index is 1130. The van der Waals surface area contributed by atoms with E-state index in [1.807, 2.05) is 25.1 Å². The van der Waals surface area contributed by atoms with E-state index in [0.717, 1.165) is 37.2 Å². The number of nitrogens with one attached hydrogen (secondary N) is 1. The maximum absolute atomic E-state index is 13.0. The van der Waals surface area contributed by atoms with Gasteiger partial charge >= 0.3 is 0 Å². The molecule has 1 aromatic carbocycles.